The molecule has 1 saturated carbocycles. The molecule has 5 rings (SSSR count). The van der Waals surface area contributed by atoms with E-state index >= 15 is 0 Å². The molecule has 194 valence electrons. The van der Waals surface area contributed by atoms with Gasteiger partial charge in [0.15, 0.2) is 0 Å². The summed E-state index contributed by atoms with van der Waals surface area (Å²) in [7, 11) is 0. The smallest absolute Gasteiger partial charge is 0.335 e. The monoisotopic (exact) mass is 511 g/mol. The van der Waals surface area contributed by atoms with Gasteiger partial charge in [-0.05, 0) is 41.3 Å². The Morgan fingerprint density at radius 2 is 1.53 bits per heavy atom. The fourth-order valence-electron chi connectivity index (χ4n) is 5.30. The van der Waals surface area contributed by atoms with Crippen LogP contribution < -0.4 is 5.32 Å². The van der Waals surface area contributed by atoms with Crippen molar-refractivity contribution in [3.63, 3.8) is 0 Å². The lowest BCUT2D eigenvalue weighted by Crippen LogP contribution is -2.17. The van der Waals surface area contributed by atoms with Gasteiger partial charge in [0.1, 0.15) is 11.5 Å². The second kappa shape index (κ2) is 10.9. The van der Waals surface area contributed by atoms with E-state index in [4.69, 9.17) is 4.98 Å². The molecule has 0 aliphatic heterocycles. The number of fused-ring (bicyclic) bond motifs is 1. The van der Waals surface area contributed by atoms with Crippen LogP contribution >= 0.6 is 0 Å². The number of carbonyl (C=O) groups is 3. The number of aromatic amines is 1. The maximum absolute atomic E-state index is 13.5. The second-order valence-corrected chi connectivity index (χ2v) is 9.86. The highest BCUT2D eigenvalue weighted by molar-refractivity contribution is 6.06. The van der Waals surface area contributed by atoms with Crippen LogP contribution in [0, 0.1) is 5.92 Å². The molecular formula is C30H29N3O5. The van der Waals surface area contributed by atoms with E-state index in [9.17, 15) is 24.6 Å². The lowest BCUT2D eigenvalue weighted by atomic mass is 9.94. The number of benzene rings is 3. The first-order chi connectivity index (χ1) is 18.4. The number of carboxylic acid groups (broad SMARTS) is 2. The van der Waals surface area contributed by atoms with Crippen molar-refractivity contribution in [3.8, 4) is 11.4 Å². The molecule has 3 aromatic carbocycles. The Labute approximate surface area is 219 Å². The van der Waals surface area contributed by atoms with E-state index in [1.807, 2.05) is 42.5 Å². The van der Waals surface area contributed by atoms with Gasteiger partial charge in [0.2, 0.25) is 0 Å². The number of H-pyrrole nitrogens is 1. The van der Waals surface area contributed by atoms with Crippen LogP contribution in [-0.4, -0.2) is 38.0 Å². The third-order valence-corrected chi connectivity index (χ3v) is 7.19. The number of carbonyl (C=O) groups excluding carboxylic acids is 1. The average Bonchev–Trinajstić information content (AvgIpc) is 3.15. The number of anilines is 1. The number of nitrogens with one attached hydrogen (secondary N) is 2. The molecule has 0 radical (unpaired) electrons. The zero-order valence-corrected chi connectivity index (χ0v) is 20.9. The van der Waals surface area contributed by atoms with Crippen LogP contribution in [0.15, 0.2) is 60.7 Å². The van der Waals surface area contributed by atoms with Gasteiger partial charge in [0.05, 0.1) is 11.1 Å². The number of carboxylic acids is 2. The average molecular weight is 512 g/mol. The summed E-state index contributed by atoms with van der Waals surface area (Å²) in [6.45, 7) is 0. The SMILES string of the molecule is O=C(O)c1cc(NC(=O)c2nc(-c3cccc4ccccc34)[nH]c2CC2CCCCCC2)cc(C(=O)O)c1. The number of rotatable bonds is 7. The highest BCUT2D eigenvalue weighted by Gasteiger charge is 2.24. The van der Waals surface area contributed by atoms with Crippen molar-refractivity contribution >= 4 is 34.3 Å². The number of nitrogens with zero attached hydrogens (tertiary/aromatic N) is 1. The van der Waals surface area contributed by atoms with Crippen molar-refractivity contribution in [2.45, 2.75) is 44.9 Å². The topological polar surface area (TPSA) is 132 Å². The normalized spacial score (nSPS) is 14.2. The quantitative estimate of drug-likeness (QED) is 0.213. The van der Waals surface area contributed by atoms with Gasteiger partial charge in [-0.3, -0.25) is 4.79 Å². The number of hydrogen-bond donors (Lipinski definition) is 4. The first kappa shape index (κ1) is 25.2. The number of aromatic nitrogens is 2. The van der Waals surface area contributed by atoms with Crippen molar-refractivity contribution in [2.24, 2.45) is 5.92 Å². The predicted octanol–water partition coefficient (Wildman–Crippen LogP) is 6.39. The van der Waals surface area contributed by atoms with Crippen LogP contribution in [-0.2, 0) is 6.42 Å². The van der Waals surface area contributed by atoms with Gasteiger partial charge in [-0.15, -0.1) is 0 Å². The highest BCUT2D eigenvalue weighted by Crippen LogP contribution is 2.31. The largest absolute Gasteiger partial charge is 0.478 e. The third-order valence-electron chi connectivity index (χ3n) is 7.19. The molecule has 0 unspecified atom stereocenters. The fraction of sp³-hybridized carbons (Fsp3) is 0.267. The van der Waals surface area contributed by atoms with Crippen molar-refractivity contribution in [2.75, 3.05) is 5.32 Å². The zero-order valence-electron chi connectivity index (χ0n) is 20.9. The van der Waals surface area contributed by atoms with Crippen LogP contribution in [0.2, 0.25) is 0 Å². The highest BCUT2D eigenvalue weighted by atomic mass is 16.4. The van der Waals surface area contributed by atoms with Crippen LogP contribution in [0.5, 0.6) is 0 Å². The number of imidazole rings is 1. The number of aromatic carboxylic acids is 2. The molecule has 1 fully saturated rings. The van der Waals surface area contributed by atoms with Gasteiger partial charge in [0.25, 0.3) is 5.91 Å². The standard InChI is InChI=1S/C30H29N3O5/c34-28(31-22-16-20(29(35)36)15-21(17-22)30(37)38)26-25(14-18-8-3-1-2-4-9-18)32-27(33-26)24-13-7-11-19-10-5-6-12-23(19)24/h5-7,10-13,15-18H,1-4,8-9,14H2,(H,31,34)(H,32,33)(H,35,36)(H,37,38). The minimum Gasteiger partial charge on any atom is -0.478 e. The minimum absolute atomic E-state index is 0.0856. The summed E-state index contributed by atoms with van der Waals surface area (Å²) < 4.78 is 0. The number of amides is 1. The lowest BCUT2D eigenvalue weighted by molar-refractivity contribution is 0.0696. The summed E-state index contributed by atoms with van der Waals surface area (Å²) in [4.78, 5) is 44.7. The Morgan fingerprint density at radius 3 is 2.21 bits per heavy atom. The number of hydrogen-bond acceptors (Lipinski definition) is 4. The van der Waals surface area contributed by atoms with E-state index in [1.54, 1.807) is 0 Å². The van der Waals surface area contributed by atoms with E-state index in [2.05, 4.69) is 10.3 Å². The van der Waals surface area contributed by atoms with E-state index in [1.165, 1.54) is 25.0 Å². The molecule has 1 aliphatic rings. The maximum Gasteiger partial charge on any atom is 0.335 e. The Bertz CT molecular complexity index is 1480. The first-order valence-electron chi connectivity index (χ1n) is 12.9. The van der Waals surface area contributed by atoms with Gasteiger partial charge in [-0.25, -0.2) is 14.6 Å². The van der Waals surface area contributed by atoms with Gasteiger partial charge < -0.3 is 20.5 Å². The van der Waals surface area contributed by atoms with Gasteiger partial charge in [0, 0.05) is 16.9 Å². The summed E-state index contributed by atoms with van der Waals surface area (Å²) in [6.07, 6.45) is 7.63. The molecule has 38 heavy (non-hydrogen) atoms. The van der Waals surface area contributed by atoms with E-state index in [-0.39, 0.29) is 22.5 Å². The minimum atomic E-state index is -1.28. The summed E-state index contributed by atoms with van der Waals surface area (Å²) in [6, 6.07) is 17.5. The van der Waals surface area contributed by atoms with Crippen molar-refractivity contribution in [3.05, 3.63) is 83.2 Å². The van der Waals surface area contributed by atoms with Crippen LogP contribution in [0.4, 0.5) is 5.69 Å². The van der Waals surface area contributed by atoms with Gasteiger partial charge in [-0.1, -0.05) is 81.0 Å². The molecule has 4 aromatic rings. The van der Waals surface area contributed by atoms with E-state index in [0.717, 1.165) is 53.8 Å². The Morgan fingerprint density at radius 1 is 0.868 bits per heavy atom. The van der Waals surface area contributed by atoms with Gasteiger partial charge >= 0.3 is 11.9 Å². The van der Waals surface area contributed by atoms with Crippen molar-refractivity contribution in [1.29, 1.82) is 0 Å². The molecule has 8 nitrogen and oxygen atoms in total. The predicted molar refractivity (Wildman–Crippen MR) is 145 cm³/mol. The van der Waals surface area contributed by atoms with E-state index < -0.39 is 17.8 Å². The van der Waals surface area contributed by atoms with Crippen LogP contribution in [0.1, 0.15) is 75.4 Å². The maximum atomic E-state index is 13.5. The molecule has 0 saturated heterocycles. The molecular weight excluding hydrogens is 482 g/mol. The van der Waals surface area contributed by atoms with Crippen LogP contribution in [0.25, 0.3) is 22.2 Å². The van der Waals surface area contributed by atoms with Crippen molar-refractivity contribution in [1.82, 2.24) is 9.97 Å². The summed E-state index contributed by atoms with van der Waals surface area (Å²) in [5, 5.41) is 23.6. The second-order valence-electron chi connectivity index (χ2n) is 9.86. The molecule has 1 amide bonds. The molecule has 0 atom stereocenters. The Balaban J connectivity index is 1.54. The molecule has 0 bridgehead atoms. The molecule has 4 N–H and O–H groups in total. The molecule has 1 heterocycles. The zero-order chi connectivity index (χ0) is 26.6. The summed E-state index contributed by atoms with van der Waals surface area (Å²) in [5.41, 5.74) is 1.47. The van der Waals surface area contributed by atoms with Gasteiger partial charge in [-0.2, -0.15) is 0 Å². The summed E-state index contributed by atoms with van der Waals surface area (Å²) in [5.74, 6) is -2.07. The fourth-order valence-corrected chi connectivity index (χ4v) is 5.30. The Kier molecular flexibility index (Phi) is 7.22. The Hall–Kier alpha value is -4.46. The lowest BCUT2D eigenvalue weighted by Gasteiger charge is -2.14. The first-order valence-corrected chi connectivity index (χ1v) is 12.9. The molecule has 1 aromatic heterocycles. The van der Waals surface area contributed by atoms with E-state index in [0.29, 0.717) is 18.2 Å². The van der Waals surface area contributed by atoms with Crippen LogP contribution in [0.3, 0.4) is 0 Å². The molecule has 0 spiro atoms. The van der Waals surface area contributed by atoms with Crippen molar-refractivity contribution < 1.29 is 24.6 Å². The summed E-state index contributed by atoms with van der Waals surface area (Å²) >= 11 is 0. The molecule has 1 aliphatic carbocycles. The molecule has 8 heteroatoms. The third kappa shape index (κ3) is 5.44.